The number of hydrogen-bond acceptors (Lipinski definition) is 3. The summed E-state index contributed by atoms with van der Waals surface area (Å²) in [6, 6.07) is 6.56. The summed E-state index contributed by atoms with van der Waals surface area (Å²) in [6.07, 6.45) is 3.50. The minimum Gasteiger partial charge on any atom is -0.467 e. The van der Waals surface area contributed by atoms with Gasteiger partial charge in [0.2, 0.25) is 5.91 Å². The molecule has 0 bridgehead atoms. The third-order valence-electron chi connectivity index (χ3n) is 2.83. The zero-order valence-corrected chi connectivity index (χ0v) is 13.2. The molecular formula is C16H20ClNO3. The molecular weight excluding hydrogens is 290 g/mol. The van der Waals surface area contributed by atoms with E-state index in [4.69, 9.17) is 16.3 Å². The summed E-state index contributed by atoms with van der Waals surface area (Å²) < 4.78 is 4.70. The van der Waals surface area contributed by atoms with E-state index >= 15 is 0 Å². The van der Waals surface area contributed by atoms with Gasteiger partial charge < -0.3 is 10.1 Å². The van der Waals surface area contributed by atoms with Crippen molar-refractivity contribution < 1.29 is 14.3 Å². The highest BCUT2D eigenvalue weighted by Gasteiger charge is 2.21. The van der Waals surface area contributed by atoms with Gasteiger partial charge in [-0.15, -0.1) is 0 Å². The van der Waals surface area contributed by atoms with Crippen molar-refractivity contribution in [2.24, 2.45) is 5.92 Å². The molecule has 1 unspecified atom stereocenters. The Morgan fingerprint density at radius 2 is 2.00 bits per heavy atom. The third kappa shape index (κ3) is 6.00. The number of hydrogen-bond donors (Lipinski definition) is 1. The summed E-state index contributed by atoms with van der Waals surface area (Å²) in [6.45, 7) is 3.95. The highest BCUT2D eigenvalue weighted by atomic mass is 35.5. The van der Waals surface area contributed by atoms with Gasteiger partial charge in [0.25, 0.3) is 0 Å². The van der Waals surface area contributed by atoms with Crippen molar-refractivity contribution in [3.63, 3.8) is 0 Å². The number of rotatable bonds is 6. The van der Waals surface area contributed by atoms with E-state index in [0.717, 1.165) is 5.56 Å². The molecule has 0 saturated carbocycles. The molecule has 5 heteroatoms. The summed E-state index contributed by atoms with van der Waals surface area (Å²) in [5.41, 5.74) is 0.743. The quantitative estimate of drug-likeness (QED) is 0.649. The Balaban J connectivity index is 2.70. The zero-order valence-electron chi connectivity index (χ0n) is 12.4. The van der Waals surface area contributed by atoms with Crippen molar-refractivity contribution in [3.8, 4) is 0 Å². The summed E-state index contributed by atoms with van der Waals surface area (Å²) in [4.78, 5) is 23.5. The van der Waals surface area contributed by atoms with Crippen molar-refractivity contribution in [3.05, 3.63) is 40.9 Å². The summed E-state index contributed by atoms with van der Waals surface area (Å²) in [7, 11) is 1.31. The van der Waals surface area contributed by atoms with Crippen molar-refractivity contribution >= 4 is 29.6 Å². The monoisotopic (exact) mass is 309 g/mol. The Morgan fingerprint density at radius 1 is 1.33 bits per heavy atom. The number of nitrogens with one attached hydrogen (secondary N) is 1. The lowest BCUT2D eigenvalue weighted by Gasteiger charge is -2.17. The Hall–Kier alpha value is -1.81. The summed E-state index contributed by atoms with van der Waals surface area (Å²) in [5.74, 6) is -0.531. The number of ether oxygens (including phenoxy) is 1. The molecule has 0 saturated heterocycles. The van der Waals surface area contributed by atoms with Crippen LogP contribution in [0.1, 0.15) is 25.8 Å². The second-order valence-electron chi connectivity index (χ2n) is 5.07. The lowest BCUT2D eigenvalue weighted by molar-refractivity contribution is -0.145. The van der Waals surface area contributed by atoms with Gasteiger partial charge in [-0.1, -0.05) is 43.6 Å². The number of methoxy groups -OCH3 is 1. The highest BCUT2D eigenvalue weighted by Crippen LogP contribution is 2.16. The fourth-order valence-electron chi connectivity index (χ4n) is 1.82. The van der Waals surface area contributed by atoms with Crippen molar-refractivity contribution in [1.29, 1.82) is 0 Å². The highest BCUT2D eigenvalue weighted by molar-refractivity contribution is 6.32. The third-order valence-corrected chi connectivity index (χ3v) is 3.17. The van der Waals surface area contributed by atoms with Crippen LogP contribution in [0.2, 0.25) is 5.02 Å². The molecule has 1 amide bonds. The molecule has 1 aromatic rings. The molecule has 1 aromatic carbocycles. The topological polar surface area (TPSA) is 55.4 Å². The molecule has 0 spiro atoms. The zero-order chi connectivity index (χ0) is 15.8. The molecule has 0 aliphatic heterocycles. The van der Waals surface area contributed by atoms with E-state index in [-0.39, 0.29) is 11.8 Å². The maximum absolute atomic E-state index is 11.9. The molecule has 1 atom stereocenters. The van der Waals surface area contributed by atoms with Gasteiger partial charge in [0.1, 0.15) is 6.04 Å². The van der Waals surface area contributed by atoms with Crippen LogP contribution >= 0.6 is 11.6 Å². The van der Waals surface area contributed by atoms with Crippen LogP contribution in [-0.4, -0.2) is 25.0 Å². The largest absolute Gasteiger partial charge is 0.467 e. The molecule has 1 N–H and O–H groups in total. The minimum atomic E-state index is -0.640. The van der Waals surface area contributed by atoms with Crippen molar-refractivity contribution in [1.82, 2.24) is 5.32 Å². The Morgan fingerprint density at radius 3 is 2.57 bits per heavy atom. The van der Waals surface area contributed by atoms with Gasteiger partial charge >= 0.3 is 5.97 Å². The van der Waals surface area contributed by atoms with Crippen LogP contribution in [0.4, 0.5) is 0 Å². The molecule has 0 aliphatic carbocycles. The second kappa shape index (κ2) is 8.47. The van der Waals surface area contributed by atoms with E-state index in [0.29, 0.717) is 11.4 Å². The molecule has 0 fully saturated rings. The predicted molar refractivity (Wildman–Crippen MR) is 83.9 cm³/mol. The van der Waals surface area contributed by atoms with E-state index in [1.807, 2.05) is 26.0 Å². The van der Waals surface area contributed by atoms with Crippen LogP contribution in [0.15, 0.2) is 30.3 Å². The molecule has 21 heavy (non-hydrogen) atoms. The van der Waals surface area contributed by atoms with Gasteiger partial charge in [0, 0.05) is 11.1 Å². The Labute approximate surface area is 130 Å². The van der Waals surface area contributed by atoms with Crippen LogP contribution in [-0.2, 0) is 14.3 Å². The fourth-order valence-corrected chi connectivity index (χ4v) is 2.02. The molecule has 1 rings (SSSR count). The maximum atomic E-state index is 11.9. The standard InChI is InChI=1S/C16H20ClNO3/c1-11(2)10-14(16(20)21-3)18-15(19)9-8-12-6-4-5-7-13(12)17/h4-9,11,14H,10H2,1-3H3,(H,18,19). The minimum absolute atomic E-state index is 0.266. The van der Waals surface area contributed by atoms with Crippen molar-refractivity contribution in [2.45, 2.75) is 26.3 Å². The van der Waals surface area contributed by atoms with Crippen LogP contribution in [0.3, 0.4) is 0 Å². The van der Waals surface area contributed by atoms with Crippen LogP contribution in [0.5, 0.6) is 0 Å². The number of esters is 1. The fraction of sp³-hybridized carbons (Fsp3) is 0.375. The molecule has 0 radical (unpaired) electrons. The van der Waals surface area contributed by atoms with Crippen LogP contribution in [0, 0.1) is 5.92 Å². The lowest BCUT2D eigenvalue weighted by Crippen LogP contribution is -2.41. The van der Waals surface area contributed by atoms with Gasteiger partial charge in [-0.05, 0) is 30.0 Å². The number of benzene rings is 1. The first kappa shape index (κ1) is 17.2. The molecule has 4 nitrogen and oxygen atoms in total. The Bertz CT molecular complexity index is 526. The number of halogens is 1. The maximum Gasteiger partial charge on any atom is 0.328 e. The van der Waals surface area contributed by atoms with Gasteiger partial charge in [-0.2, -0.15) is 0 Å². The first-order valence-electron chi connectivity index (χ1n) is 6.75. The lowest BCUT2D eigenvalue weighted by atomic mass is 10.0. The summed E-state index contributed by atoms with van der Waals surface area (Å²) in [5, 5.41) is 3.21. The first-order chi connectivity index (χ1) is 9.93. The Kier molecular flexibility index (Phi) is 6.96. The van der Waals surface area contributed by atoms with Crippen LogP contribution < -0.4 is 5.32 Å². The molecule has 114 valence electrons. The van der Waals surface area contributed by atoms with E-state index < -0.39 is 12.0 Å². The number of carbonyl (C=O) groups excluding carboxylic acids is 2. The molecule has 0 heterocycles. The molecule has 0 aromatic heterocycles. The average molecular weight is 310 g/mol. The second-order valence-corrected chi connectivity index (χ2v) is 5.48. The van der Waals surface area contributed by atoms with Gasteiger partial charge in [0.05, 0.1) is 7.11 Å². The number of carbonyl (C=O) groups is 2. The predicted octanol–water partition coefficient (Wildman–Crippen LogP) is 3.06. The van der Waals surface area contributed by atoms with E-state index in [2.05, 4.69) is 5.32 Å². The van der Waals surface area contributed by atoms with E-state index in [9.17, 15) is 9.59 Å². The van der Waals surface area contributed by atoms with Gasteiger partial charge in [-0.3, -0.25) is 4.79 Å². The normalized spacial score (nSPS) is 12.4. The average Bonchev–Trinajstić information content (AvgIpc) is 2.44. The van der Waals surface area contributed by atoms with E-state index in [1.54, 1.807) is 18.2 Å². The molecule has 0 aliphatic rings. The van der Waals surface area contributed by atoms with Gasteiger partial charge in [-0.25, -0.2) is 4.79 Å². The first-order valence-corrected chi connectivity index (χ1v) is 7.12. The van der Waals surface area contributed by atoms with Crippen LogP contribution in [0.25, 0.3) is 6.08 Å². The van der Waals surface area contributed by atoms with Crippen molar-refractivity contribution in [2.75, 3.05) is 7.11 Å². The van der Waals surface area contributed by atoms with E-state index in [1.165, 1.54) is 13.2 Å². The number of amides is 1. The smallest absolute Gasteiger partial charge is 0.328 e. The SMILES string of the molecule is COC(=O)C(CC(C)C)NC(=O)C=Cc1ccccc1Cl. The summed E-state index contributed by atoms with van der Waals surface area (Å²) >= 11 is 6.00. The van der Waals surface area contributed by atoms with Gasteiger partial charge in [0.15, 0.2) is 0 Å².